The topological polar surface area (TPSA) is 20.9 Å². The molecular weight excluding hydrogens is 228 g/mol. The van der Waals surface area contributed by atoms with E-state index in [0.717, 1.165) is 0 Å². The van der Waals surface area contributed by atoms with Crippen LogP contribution in [-0.2, 0) is 4.79 Å². The Labute approximate surface area is 87.8 Å². The summed E-state index contributed by atoms with van der Waals surface area (Å²) in [5.74, 6) is -0.452. The van der Waals surface area contributed by atoms with E-state index in [1.807, 2.05) is 18.2 Å². The van der Waals surface area contributed by atoms with Crippen LogP contribution < -0.4 is 4.57 Å². The minimum absolute atomic E-state index is 0.0210. The minimum atomic E-state index is -1.32. The molecule has 1 heterocycles. The third-order valence-corrected chi connectivity index (χ3v) is 3.68. The predicted molar refractivity (Wildman–Crippen MR) is 55.0 cm³/mol. The highest BCUT2D eigenvalue weighted by Crippen LogP contribution is 2.55. The van der Waals surface area contributed by atoms with Crippen LogP contribution in [0.3, 0.4) is 0 Å². The summed E-state index contributed by atoms with van der Waals surface area (Å²) in [6.07, 6.45) is 3.57. The molecule has 0 aliphatic heterocycles. The van der Waals surface area contributed by atoms with Crippen molar-refractivity contribution in [1.82, 2.24) is 0 Å². The van der Waals surface area contributed by atoms with Crippen LogP contribution in [0, 0.1) is 0 Å². The van der Waals surface area contributed by atoms with Gasteiger partial charge in [-0.2, -0.15) is 4.57 Å². The molecule has 13 heavy (non-hydrogen) atoms. The number of carbonyl (C=O) groups excluding carboxylic acids is 1. The fourth-order valence-electron chi connectivity index (χ4n) is 1.02. The molecule has 0 aromatic carbocycles. The Morgan fingerprint density at radius 3 is 2.23 bits per heavy atom. The highest BCUT2D eigenvalue weighted by atomic mass is 35.9. The standard InChI is InChI=1S/C8H9Cl2NOP/c1-7(12)8(13(9)10)11-5-3-2-4-6-11/h2-6,8H,1H3/q+1/t8-/m0/s1. The Balaban J connectivity index is 2.96. The maximum atomic E-state index is 11.2. The van der Waals surface area contributed by atoms with Crippen LogP contribution in [0.2, 0.25) is 0 Å². The first-order chi connectivity index (χ1) is 6.13. The van der Waals surface area contributed by atoms with E-state index < -0.39 is 12.4 Å². The highest BCUT2D eigenvalue weighted by molar-refractivity contribution is 8.04. The van der Waals surface area contributed by atoms with Crippen molar-refractivity contribution >= 4 is 34.9 Å². The second-order valence-electron chi connectivity index (χ2n) is 2.57. The summed E-state index contributed by atoms with van der Waals surface area (Å²) in [6.45, 7) is 0.169. The van der Waals surface area contributed by atoms with E-state index in [2.05, 4.69) is 0 Å². The third kappa shape index (κ3) is 2.91. The number of pyridine rings is 1. The smallest absolute Gasteiger partial charge is 0.260 e. The van der Waals surface area contributed by atoms with Crippen LogP contribution in [0.15, 0.2) is 30.6 Å². The molecule has 5 heteroatoms. The molecule has 2 nitrogen and oxygen atoms in total. The van der Waals surface area contributed by atoms with Crippen molar-refractivity contribution in [2.45, 2.75) is 12.7 Å². The number of nitrogens with zero attached hydrogens (tertiary/aromatic N) is 1. The first-order valence-electron chi connectivity index (χ1n) is 3.70. The van der Waals surface area contributed by atoms with Crippen molar-refractivity contribution in [1.29, 1.82) is 0 Å². The maximum Gasteiger partial charge on any atom is 0.260 e. The van der Waals surface area contributed by atoms with E-state index in [0.29, 0.717) is 0 Å². The van der Waals surface area contributed by atoms with Gasteiger partial charge in [-0.05, 0) is 0 Å². The molecule has 0 unspecified atom stereocenters. The summed E-state index contributed by atoms with van der Waals surface area (Å²) in [6, 6.07) is 5.55. The van der Waals surface area contributed by atoms with E-state index in [4.69, 9.17) is 22.5 Å². The number of carbonyl (C=O) groups is 1. The maximum absolute atomic E-state index is 11.2. The van der Waals surface area contributed by atoms with Gasteiger partial charge < -0.3 is 0 Å². The SMILES string of the molecule is CC(=O)[C@@H]([n+]1ccccc1)P(Cl)Cl. The number of hydrogen-bond acceptors (Lipinski definition) is 1. The van der Waals surface area contributed by atoms with Gasteiger partial charge in [-0.1, -0.05) is 28.5 Å². The Morgan fingerprint density at radius 1 is 1.31 bits per heavy atom. The van der Waals surface area contributed by atoms with Gasteiger partial charge >= 0.3 is 0 Å². The van der Waals surface area contributed by atoms with E-state index >= 15 is 0 Å². The van der Waals surface area contributed by atoms with Gasteiger partial charge in [0.15, 0.2) is 19.0 Å². The molecule has 70 valence electrons. The zero-order valence-corrected chi connectivity index (χ0v) is 9.43. The van der Waals surface area contributed by atoms with E-state index in [1.54, 1.807) is 17.0 Å². The van der Waals surface area contributed by atoms with Crippen molar-refractivity contribution in [2.75, 3.05) is 0 Å². The van der Waals surface area contributed by atoms with Crippen molar-refractivity contribution in [3.63, 3.8) is 0 Å². The van der Waals surface area contributed by atoms with E-state index in [1.165, 1.54) is 6.92 Å². The molecule has 0 saturated carbocycles. The number of rotatable bonds is 3. The Bertz CT molecular complexity index is 291. The van der Waals surface area contributed by atoms with Crippen molar-refractivity contribution in [3.8, 4) is 0 Å². The summed E-state index contributed by atoms with van der Waals surface area (Å²) >= 11 is 11.5. The van der Waals surface area contributed by atoms with Crippen LogP contribution in [0.1, 0.15) is 12.7 Å². The Hall–Kier alpha value is -0.170. The van der Waals surface area contributed by atoms with Gasteiger partial charge in [-0.3, -0.25) is 4.79 Å². The molecule has 1 rings (SSSR count). The summed E-state index contributed by atoms with van der Waals surface area (Å²) in [5, 5.41) is 0. The Morgan fingerprint density at radius 2 is 1.85 bits per heavy atom. The second kappa shape index (κ2) is 4.90. The highest BCUT2D eigenvalue weighted by Gasteiger charge is 2.30. The molecule has 0 aliphatic carbocycles. The summed E-state index contributed by atoms with van der Waals surface area (Å²) in [4.78, 5) is 11.2. The van der Waals surface area contributed by atoms with Crippen molar-refractivity contribution < 1.29 is 9.36 Å². The average molecular weight is 237 g/mol. The number of hydrogen-bond donors (Lipinski definition) is 0. The number of halogens is 2. The first kappa shape index (κ1) is 10.9. The number of ketones is 1. The predicted octanol–water partition coefficient (Wildman–Crippen LogP) is 2.85. The summed E-state index contributed by atoms with van der Waals surface area (Å²) < 4.78 is 1.73. The fraction of sp³-hybridized carbons (Fsp3) is 0.250. The largest absolute Gasteiger partial charge is 0.292 e. The molecule has 0 aliphatic rings. The van der Waals surface area contributed by atoms with Crippen LogP contribution in [-0.4, -0.2) is 5.78 Å². The van der Waals surface area contributed by atoms with Crippen LogP contribution in [0.25, 0.3) is 0 Å². The molecule has 0 fully saturated rings. The average Bonchev–Trinajstić information content (AvgIpc) is 2.04. The van der Waals surface area contributed by atoms with Gasteiger partial charge in [-0.15, -0.1) is 0 Å². The molecular formula is C8H9Cl2NOP+. The van der Waals surface area contributed by atoms with Gasteiger partial charge in [0.05, 0.1) is 0 Å². The van der Waals surface area contributed by atoms with E-state index in [9.17, 15) is 4.79 Å². The summed E-state index contributed by atoms with van der Waals surface area (Å²) in [5.41, 5.74) is 0. The lowest BCUT2D eigenvalue weighted by Crippen LogP contribution is -2.40. The number of aromatic nitrogens is 1. The number of Topliss-reactive ketones (excluding diaryl/α,β-unsaturated/α-hetero) is 1. The third-order valence-electron chi connectivity index (χ3n) is 1.57. The van der Waals surface area contributed by atoms with E-state index in [-0.39, 0.29) is 5.78 Å². The molecule has 1 atom stereocenters. The normalized spacial score (nSPS) is 12.9. The van der Waals surface area contributed by atoms with Gasteiger partial charge in [0.1, 0.15) is 0 Å². The van der Waals surface area contributed by atoms with Gasteiger partial charge in [0.25, 0.3) is 5.78 Å². The Kier molecular flexibility index (Phi) is 4.11. The molecule has 1 aromatic rings. The lowest BCUT2D eigenvalue weighted by molar-refractivity contribution is -0.688. The molecule has 1 aromatic heterocycles. The zero-order valence-electron chi connectivity index (χ0n) is 7.02. The minimum Gasteiger partial charge on any atom is -0.292 e. The first-order valence-corrected chi connectivity index (χ1v) is 6.92. The van der Waals surface area contributed by atoms with Crippen LogP contribution >= 0.6 is 29.1 Å². The monoisotopic (exact) mass is 236 g/mol. The fourth-order valence-corrected chi connectivity index (χ4v) is 3.08. The lowest BCUT2D eigenvalue weighted by Gasteiger charge is -2.08. The summed E-state index contributed by atoms with van der Waals surface area (Å²) in [7, 11) is 0. The van der Waals surface area contributed by atoms with Gasteiger partial charge in [-0.25, -0.2) is 0 Å². The molecule has 0 saturated heterocycles. The van der Waals surface area contributed by atoms with Gasteiger partial charge in [0, 0.05) is 19.1 Å². The molecule has 0 spiro atoms. The van der Waals surface area contributed by atoms with Crippen LogP contribution in [0.4, 0.5) is 0 Å². The van der Waals surface area contributed by atoms with Crippen LogP contribution in [0.5, 0.6) is 0 Å². The van der Waals surface area contributed by atoms with Crippen molar-refractivity contribution in [2.24, 2.45) is 0 Å². The van der Waals surface area contributed by atoms with Gasteiger partial charge in [0.2, 0.25) is 5.78 Å². The molecule has 0 bridgehead atoms. The lowest BCUT2D eigenvalue weighted by atomic mass is 10.4. The van der Waals surface area contributed by atoms with Crippen molar-refractivity contribution in [3.05, 3.63) is 30.6 Å². The quantitative estimate of drug-likeness (QED) is 0.584. The zero-order chi connectivity index (χ0) is 9.84. The molecule has 0 amide bonds. The second-order valence-corrected chi connectivity index (χ2v) is 6.28. The molecule has 0 N–H and O–H groups in total. The molecule has 0 radical (unpaired) electrons.